The van der Waals surface area contributed by atoms with Crippen molar-refractivity contribution in [3.63, 3.8) is 0 Å². The fourth-order valence-corrected chi connectivity index (χ4v) is 3.15. The molecule has 20 heavy (non-hydrogen) atoms. The highest BCUT2D eigenvalue weighted by Gasteiger charge is 2.11. The van der Waals surface area contributed by atoms with Crippen LogP contribution in [0.3, 0.4) is 0 Å². The first-order valence-corrected chi connectivity index (χ1v) is 7.51. The van der Waals surface area contributed by atoms with Gasteiger partial charge in [0.05, 0.1) is 16.8 Å². The molecule has 0 aliphatic carbocycles. The van der Waals surface area contributed by atoms with Gasteiger partial charge in [-0.05, 0) is 29.5 Å². The predicted molar refractivity (Wildman–Crippen MR) is 83.7 cm³/mol. The largest absolute Gasteiger partial charge is 0.341 e. The van der Waals surface area contributed by atoms with Crippen molar-refractivity contribution in [2.75, 3.05) is 0 Å². The first kappa shape index (κ1) is 13.1. The van der Waals surface area contributed by atoms with Crippen molar-refractivity contribution < 1.29 is 0 Å². The number of hydrogen-bond acceptors (Lipinski definition) is 3. The fourth-order valence-electron chi connectivity index (χ4n) is 2.26. The van der Waals surface area contributed by atoms with Crippen LogP contribution in [-0.4, -0.2) is 9.97 Å². The standard InChI is InChI=1S/C16H17N3S/c1-11-7-8-20-16(11)14-10-18-15(19-14)9-13(17)12-5-3-2-4-6-12/h2-8,10,13H,9,17H2,1H3,(H,18,19). The zero-order valence-corrected chi connectivity index (χ0v) is 12.2. The Morgan fingerprint density at radius 2 is 2.05 bits per heavy atom. The van der Waals surface area contributed by atoms with Crippen molar-refractivity contribution in [1.82, 2.24) is 9.97 Å². The maximum atomic E-state index is 6.23. The van der Waals surface area contributed by atoms with E-state index in [2.05, 4.69) is 40.5 Å². The van der Waals surface area contributed by atoms with Gasteiger partial charge < -0.3 is 10.7 Å². The summed E-state index contributed by atoms with van der Waals surface area (Å²) < 4.78 is 0. The summed E-state index contributed by atoms with van der Waals surface area (Å²) >= 11 is 1.73. The number of aryl methyl sites for hydroxylation is 1. The van der Waals surface area contributed by atoms with E-state index in [0.717, 1.165) is 17.1 Å². The Morgan fingerprint density at radius 1 is 1.25 bits per heavy atom. The van der Waals surface area contributed by atoms with E-state index in [-0.39, 0.29) is 6.04 Å². The Kier molecular flexibility index (Phi) is 3.67. The van der Waals surface area contributed by atoms with Crippen LogP contribution in [0.1, 0.15) is 23.0 Å². The van der Waals surface area contributed by atoms with Crippen LogP contribution >= 0.6 is 11.3 Å². The summed E-state index contributed by atoms with van der Waals surface area (Å²) in [5.74, 6) is 0.934. The van der Waals surface area contributed by atoms with Crippen LogP contribution in [-0.2, 0) is 6.42 Å². The molecule has 0 radical (unpaired) electrons. The molecule has 2 aromatic heterocycles. The Balaban J connectivity index is 1.77. The van der Waals surface area contributed by atoms with E-state index in [1.807, 2.05) is 24.4 Å². The zero-order valence-electron chi connectivity index (χ0n) is 11.3. The minimum atomic E-state index is -0.0281. The van der Waals surface area contributed by atoms with Gasteiger partial charge in [-0.25, -0.2) is 4.98 Å². The van der Waals surface area contributed by atoms with E-state index in [4.69, 9.17) is 5.73 Å². The van der Waals surface area contributed by atoms with Crippen LogP contribution in [0.15, 0.2) is 48.0 Å². The number of nitrogens with zero attached hydrogens (tertiary/aromatic N) is 1. The Morgan fingerprint density at radius 3 is 2.75 bits per heavy atom. The average molecular weight is 283 g/mol. The normalized spacial score (nSPS) is 12.5. The lowest BCUT2D eigenvalue weighted by Gasteiger charge is -2.09. The second kappa shape index (κ2) is 5.61. The molecule has 102 valence electrons. The Labute approximate surface area is 122 Å². The van der Waals surface area contributed by atoms with E-state index < -0.39 is 0 Å². The van der Waals surface area contributed by atoms with Gasteiger partial charge in [-0.3, -0.25) is 0 Å². The molecule has 1 aromatic carbocycles. The third-order valence-corrected chi connectivity index (χ3v) is 4.43. The molecule has 0 saturated heterocycles. The number of nitrogens with two attached hydrogens (primary N) is 1. The topological polar surface area (TPSA) is 54.7 Å². The number of aromatic nitrogens is 2. The first-order valence-electron chi connectivity index (χ1n) is 6.63. The highest BCUT2D eigenvalue weighted by Crippen LogP contribution is 2.27. The smallest absolute Gasteiger partial charge is 0.108 e. The van der Waals surface area contributed by atoms with Crippen LogP contribution in [0.25, 0.3) is 10.6 Å². The number of rotatable bonds is 4. The second-order valence-corrected chi connectivity index (χ2v) is 5.81. The van der Waals surface area contributed by atoms with Gasteiger partial charge in [0.25, 0.3) is 0 Å². The number of hydrogen-bond donors (Lipinski definition) is 2. The summed E-state index contributed by atoms with van der Waals surface area (Å²) in [6, 6.07) is 12.2. The molecule has 3 aromatic rings. The van der Waals surface area contributed by atoms with Gasteiger partial charge in [0, 0.05) is 12.5 Å². The zero-order chi connectivity index (χ0) is 13.9. The van der Waals surface area contributed by atoms with Gasteiger partial charge in [-0.1, -0.05) is 30.3 Å². The minimum Gasteiger partial charge on any atom is -0.341 e. The highest BCUT2D eigenvalue weighted by molar-refractivity contribution is 7.13. The van der Waals surface area contributed by atoms with Crippen molar-refractivity contribution in [1.29, 1.82) is 0 Å². The summed E-state index contributed by atoms with van der Waals surface area (Å²) in [5, 5.41) is 2.10. The third-order valence-electron chi connectivity index (χ3n) is 3.38. The molecule has 4 heteroatoms. The van der Waals surface area contributed by atoms with E-state index in [0.29, 0.717) is 6.42 Å². The molecule has 1 atom stereocenters. The maximum Gasteiger partial charge on any atom is 0.108 e. The summed E-state index contributed by atoms with van der Waals surface area (Å²) in [5.41, 5.74) is 9.72. The third kappa shape index (κ3) is 2.66. The molecule has 2 heterocycles. The van der Waals surface area contributed by atoms with E-state index in [9.17, 15) is 0 Å². The number of thiophene rings is 1. The van der Waals surface area contributed by atoms with Crippen LogP contribution in [0.4, 0.5) is 0 Å². The molecule has 0 bridgehead atoms. The van der Waals surface area contributed by atoms with E-state index in [1.54, 1.807) is 11.3 Å². The maximum absolute atomic E-state index is 6.23. The van der Waals surface area contributed by atoms with Crippen LogP contribution < -0.4 is 5.73 Å². The molecular formula is C16H17N3S. The molecule has 0 aliphatic rings. The van der Waals surface area contributed by atoms with Crippen molar-refractivity contribution in [3.8, 4) is 10.6 Å². The average Bonchev–Trinajstić information content (AvgIpc) is 3.08. The molecule has 0 aliphatic heterocycles. The summed E-state index contributed by atoms with van der Waals surface area (Å²) in [7, 11) is 0. The summed E-state index contributed by atoms with van der Waals surface area (Å²) in [6.45, 7) is 2.11. The quantitative estimate of drug-likeness (QED) is 0.767. The lowest BCUT2D eigenvalue weighted by Crippen LogP contribution is -2.13. The SMILES string of the molecule is Cc1ccsc1-c1cnc(CC(N)c2ccccc2)[nH]1. The fraction of sp³-hybridized carbons (Fsp3) is 0.188. The molecular weight excluding hydrogens is 266 g/mol. The second-order valence-electron chi connectivity index (χ2n) is 4.90. The summed E-state index contributed by atoms with van der Waals surface area (Å²) in [6.07, 6.45) is 2.61. The van der Waals surface area contributed by atoms with Crippen molar-refractivity contribution in [2.24, 2.45) is 5.73 Å². The van der Waals surface area contributed by atoms with Gasteiger partial charge >= 0.3 is 0 Å². The van der Waals surface area contributed by atoms with E-state index in [1.165, 1.54) is 10.4 Å². The molecule has 1 unspecified atom stereocenters. The molecule has 0 fully saturated rings. The Hall–Kier alpha value is -1.91. The number of nitrogens with one attached hydrogen (secondary N) is 1. The van der Waals surface area contributed by atoms with Crippen molar-refractivity contribution in [3.05, 3.63) is 64.9 Å². The van der Waals surface area contributed by atoms with Gasteiger partial charge in [0.2, 0.25) is 0 Å². The number of H-pyrrole nitrogens is 1. The van der Waals surface area contributed by atoms with Crippen LogP contribution in [0, 0.1) is 6.92 Å². The van der Waals surface area contributed by atoms with Gasteiger partial charge in [0.15, 0.2) is 0 Å². The molecule has 3 rings (SSSR count). The predicted octanol–water partition coefficient (Wildman–Crippen LogP) is 3.69. The molecule has 0 spiro atoms. The lowest BCUT2D eigenvalue weighted by molar-refractivity contribution is 0.695. The highest BCUT2D eigenvalue weighted by atomic mass is 32.1. The van der Waals surface area contributed by atoms with Crippen LogP contribution in [0.2, 0.25) is 0 Å². The number of benzene rings is 1. The Bertz CT molecular complexity index is 685. The lowest BCUT2D eigenvalue weighted by atomic mass is 10.0. The molecule has 0 saturated carbocycles. The van der Waals surface area contributed by atoms with Gasteiger partial charge in [-0.2, -0.15) is 0 Å². The number of imidazole rings is 1. The molecule has 3 nitrogen and oxygen atoms in total. The van der Waals surface area contributed by atoms with Gasteiger partial charge in [-0.15, -0.1) is 11.3 Å². The minimum absolute atomic E-state index is 0.0281. The van der Waals surface area contributed by atoms with Crippen LogP contribution in [0.5, 0.6) is 0 Å². The van der Waals surface area contributed by atoms with E-state index >= 15 is 0 Å². The van der Waals surface area contributed by atoms with Crippen molar-refractivity contribution >= 4 is 11.3 Å². The number of aromatic amines is 1. The first-order chi connectivity index (χ1) is 9.74. The molecule has 3 N–H and O–H groups in total. The van der Waals surface area contributed by atoms with Gasteiger partial charge in [0.1, 0.15) is 5.82 Å². The summed E-state index contributed by atoms with van der Waals surface area (Å²) in [4.78, 5) is 9.07. The van der Waals surface area contributed by atoms with Crippen molar-refractivity contribution in [2.45, 2.75) is 19.4 Å². The monoisotopic (exact) mass is 283 g/mol. The molecule has 0 amide bonds.